The lowest BCUT2D eigenvalue weighted by molar-refractivity contribution is 0.185. The Bertz CT molecular complexity index is 1100. The number of fused-ring (bicyclic) bond motifs is 1. The van der Waals surface area contributed by atoms with Gasteiger partial charge in [-0.1, -0.05) is 24.3 Å². The average Bonchev–Trinajstić information content (AvgIpc) is 3.11. The van der Waals surface area contributed by atoms with Gasteiger partial charge >= 0.3 is 0 Å². The Hall–Kier alpha value is -2.16. The van der Waals surface area contributed by atoms with Crippen LogP contribution in [0.5, 0.6) is 5.75 Å². The zero-order valence-corrected chi connectivity index (χ0v) is 18.9. The molecule has 2 aromatic carbocycles. The monoisotopic (exact) mass is 445 g/mol. The molecule has 8 heteroatoms. The number of hydrogen-bond acceptors (Lipinski definition) is 6. The number of likely N-dealkylation sites (tertiary alicyclic amines) is 1. The van der Waals surface area contributed by atoms with Crippen LogP contribution in [0.3, 0.4) is 0 Å². The summed E-state index contributed by atoms with van der Waals surface area (Å²) in [6.45, 7) is 7.93. The van der Waals surface area contributed by atoms with Crippen LogP contribution in [0.2, 0.25) is 0 Å². The second-order valence-corrected chi connectivity index (χ2v) is 10.5. The van der Waals surface area contributed by atoms with Crippen LogP contribution in [0.4, 0.5) is 5.13 Å². The summed E-state index contributed by atoms with van der Waals surface area (Å²) in [7, 11) is -3.70. The third-order valence-electron chi connectivity index (χ3n) is 5.40. The van der Waals surface area contributed by atoms with Crippen molar-refractivity contribution in [2.45, 2.75) is 38.1 Å². The number of benzene rings is 2. The van der Waals surface area contributed by atoms with Crippen molar-refractivity contribution in [3.63, 3.8) is 0 Å². The zero-order chi connectivity index (χ0) is 21.1. The van der Waals surface area contributed by atoms with Crippen molar-refractivity contribution in [2.75, 3.05) is 24.4 Å². The molecule has 1 N–H and O–H groups in total. The van der Waals surface area contributed by atoms with Crippen LogP contribution in [-0.4, -0.2) is 38.0 Å². The second kappa shape index (κ2) is 8.91. The number of nitrogens with zero attached hydrogens (tertiary/aromatic N) is 2. The minimum Gasteiger partial charge on any atom is -0.494 e. The number of nitrogens with one attached hydrogen (secondary N) is 1. The van der Waals surface area contributed by atoms with E-state index in [1.54, 1.807) is 12.1 Å². The first-order valence-corrected chi connectivity index (χ1v) is 12.6. The van der Waals surface area contributed by atoms with E-state index in [1.165, 1.54) is 41.9 Å². The molecule has 30 heavy (non-hydrogen) atoms. The normalized spacial score (nSPS) is 16.1. The maximum absolute atomic E-state index is 12.7. The molecule has 0 amide bonds. The highest BCUT2D eigenvalue weighted by molar-refractivity contribution is 7.93. The Morgan fingerprint density at radius 2 is 1.90 bits per heavy atom. The molecule has 4 rings (SSSR count). The van der Waals surface area contributed by atoms with Gasteiger partial charge in [-0.15, -0.1) is 0 Å². The molecule has 1 saturated heterocycles. The first-order chi connectivity index (χ1) is 14.4. The van der Waals surface area contributed by atoms with Gasteiger partial charge in [0.1, 0.15) is 5.75 Å². The standard InChI is InChI=1S/C22H27N3O3S2/c1-3-28-18-5-7-19(8-6-18)30(26,27)24-22-23-20-9-4-17(14-21(20)29-22)15-25-12-10-16(2)11-13-25/h4-9,14,16H,3,10-13,15H2,1-2H3,(H,23,24). The van der Waals surface area contributed by atoms with E-state index in [1.807, 2.05) is 13.0 Å². The van der Waals surface area contributed by atoms with Crippen molar-refractivity contribution in [3.05, 3.63) is 48.0 Å². The molecule has 1 aromatic heterocycles. The molecular weight excluding hydrogens is 418 g/mol. The molecule has 2 heterocycles. The molecule has 0 spiro atoms. The number of rotatable bonds is 7. The highest BCUT2D eigenvalue weighted by Crippen LogP contribution is 2.29. The van der Waals surface area contributed by atoms with Crippen LogP contribution >= 0.6 is 11.3 Å². The lowest BCUT2D eigenvalue weighted by Crippen LogP contribution is -2.32. The van der Waals surface area contributed by atoms with Gasteiger partial charge in [0.2, 0.25) is 0 Å². The molecular formula is C22H27N3O3S2. The summed E-state index contributed by atoms with van der Waals surface area (Å²) in [5.41, 5.74) is 2.04. The average molecular weight is 446 g/mol. The highest BCUT2D eigenvalue weighted by Gasteiger charge is 2.18. The smallest absolute Gasteiger partial charge is 0.263 e. The Kier molecular flexibility index (Phi) is 6.26. The largest absolute Gasteiger partial charge is 0.494 e. The molecule has 3 aromatic rings. The SMILES string of the molecule is CCOc1ccc(S(=O)(=O)Nc2nc3ccc(CN4CCC(C)CC4)cc3s2)cc1. The van der Waals surface area contributed by atoms with Crippen molar-refractivity contribution in [1.29, 1.82) is 0 Å². The minimum atomic E-state index is -3.70. The molecule has 0 unspecified atom stereocenters. The van der Waals surface area contributed by atoms with Crippen LogP contribution in [0.25, 0.3) is 10.2 Å². The topological polar surface area (TPSA) is 71.5 Å². The van der Waals surface area contributed by atoms with E-state index in [-0.39, 0.29) is 4.90 Å². The lowest BCUT2D eigenvalue weighted by Gasteiger charge is -2.30. The molecule has 0 atom stereocenters. The first kappa shape index (κ1) is 21.1. The Morgan fingerprint density at radius 1 is 1.17 bits per heavy atom. The number of thiazole rings is 1. The van der Waals surface area contributed by atoms with Gasteiger partial charge in [0, 0.05) is 6.54 Å². The summed E-state index contributed by atoms with van der Waals surface area (Å²) < 4.78 is 34.4. The molecule has 1 aliphatic rings. The van der Waals surface area contributed by atoms with E-state index in [4.69, 9.17) is 4.74 Å². The van der Waals surface area contributed by atoms with Gasteiger partial charge in [0.05, 0.1) is 21.7 Å². The highest BCUT2D eigenvalue weighted by atomic mass is 32.2. The third-order valence-corrected chi connectivity index (χ3v) is 7.82. The van der Waals surface area contributed by atoms with Crippen molar-refractivity contribution >= 4 is 36.7 Å². The van der Waals surface area contributed by atoms with Crippen molar-refractivity contribution < 1.29 is 13.2 Å². The molecule has 160 valence electrons. The number of ether oxygens (including phenoxy) is 1. The maximum atomic E-state index is 12.7. The number of anilines is 1. The van der Waals surface area contributed by atoms with Gasteiger partial charge in [-0.3, -0.25) is 9.62 Å². The van der Waals surface area contributed by atoms with Crippen LogP contribution < -0.4 is 9.46 Å². The molecule has 6 nitrogen and oxygen atoms in total. The van der Waals surface area contributed by atoms with E-state index in [9.17, 15) is 8.42 Å². The van der Waals surface area contributed by atoms with Crippen LogP contribution in [-0.2, 0) is 16.6 Å². The fraction of sp³-hybridized carbons (Fsp3) is 0.409. The lowest BCUT2D eigenvalue weighted by atomic mass is 9.99. The number of aromatic nitrogens is 1. The van der Waals surface area contributed by atoms with Crippen molar-refractivity contribution in [1.82, 2.24) is 9.88 Å². The van der Waals surface area contributed by atoms with Gasteiger partial charge in [-0.2, -0.15) is 0 Å². The number of hydrogen-bond donors (Lipinski definition) is 1. The van der Waals surface area contributed by atoms with E-state index < -0.39 is 10.0 Å². The van der Waals surface area contributed by atoms with E-state index in [0.29, 0.717) is 17.5 Å². The van der Waals surface area contributed by atoms with E-state index in [0.717, 1.165) is 35.8 Å². The minimum absolute atomic E-state index is 0.185. The van der Waals surface area contributed by atoms with Gasteiger partial charge < -0.3 is 4.74 Å². The third kappa shape index (κ3) is 4.94. The van der Waals surface area contributed by atoms with Crippen molar-refractivity contribution in [2.24, 2.45) is 5.92 Å². The van der Waals surface area contributed by atoms with E-state index in [2.05, 4.69) is 33.7 Å². The quantitative estimate of drug-likeness (QED) is 0.569. The summed E-state index contributed by atoms with van der Waals surface area (Å²) >= 11 is 1.36. The molecule has 0 saturated carbocycles. The molecule has 1 fully saturated rings. The fourth-order valence-corrected chi connectivity index (χ4v) is 5.81. The van der Waals surface area contributed by atoms with Crippen LogP contribution in [0.15, 0.2) is 47.4 Å². The summed E-state index contributed by atoms with van der Waals surface area (Å²) in [6, 6.07) is 12.6. The van der Waals surface area contributed by atoms with Gasteiger partial charge in [0.25, 0.3) is 10.0 Å². The van der Waals surface area contributed by atoms with E-state index >= 15 is 0 Å². The molecule has 0 aliphatic carbocycles. The molecule has 0 bridgehead atoms. The Balaban J connectivity index is 1.47. The number of piperidine rings is 1. The van der Waals surface area contributed by atoms with Crippen molar-refractivity contribution in [3.8, 4) is 5.75 Å². The summed E-state index contributed by atoms with van der Waals surface area (Å²) in [4.78, 5) is 7.13. The molecule has 0 radical (unpaired) electrons. The molecule has 1 aliphatic heterocycles. The summed E-state index contributed by atoms with van der Waals surface area (Å²) in [6.07, 6.45) is 2.50. The predicted molar refractivity (Wildman–Crippen MR) is 122 cm³/mol. The number of sulfonamides is 1. The van der Waals surface area contributed by atoms with Crippen LogP contribution in [0.1, 0.15) is 32.3 Å². The van der Waals surface area contributed by atoms with Gasteiger partial charge in [-0.05, 0) is 80.7 Å². The van der Waals surface area contributed by atoms with Crippen LogP contribution in [0, 0.1) is 5.92 Å². The fourth-order valence-electron chi connectivity index (χ4n) is 3.64. The first-order valence-electron chi connectivity index (χ1n) is 10.3. The van der Waals surface area contributed by atoms with Gasteiger partial charge in [-0.25, -0.2) is 13.4 Å². The summed E-state index contributed by atoms with van der Waals surface area (Å²) in [5.74, 6) is 1.46. The second-order valence-electron chi connectivity index (χ2n) is 7.79. The Labute approximate surface area is 181 Å². The Morgan fingerprint density at radius 3 is 2.60 bits per heavy atom. The predicted octanol–water partition coefficient (Wildman–Crippen LogP) is 4.73. The summed E-state index contributed by atoms with van der Waals surface area (Å²) in [5, 5.41) is 0.378. The zero-order valence-electron chi connectivity index (χ0n) is 17.3. The van der Waals surface area contributed by atoms with Gasteiger partial charge in [0.15, 0.2) is 5.13 Å². The maximum Gasteiger partial charge on any atom is 0.263 e.